The first kappa shape index (κ1) is 12.8. The molecule has 0 aromatic heterocycles. The molecule has 0 rings (SSSR count). The summed E-state index contributed by atoms with van der Waals surface area (Å²) in [5.74, 6) is -0.561. The van der Waals surface area contributed by atoms with Crippen molar-refractivity contribution in [3.8, 4) is 0 Å². The Balaban J connectivity index is 3.90. The summed E-state index contributed by atoms with van der Waals surface area (Å²) in [6.07, 6.45) is 2.02. The van der Waals surface area contributed by atoms with E-state index in [1.54, 1.807) is 6.92 Å². The van der Waals surface area contributed by atoms with Gasteiger partial charge in [0, 0.05) is 5.92 Å². The minimum atomic E-state index is -4.16. The predicted octanol–water partition coefficient (Wildman–Crippen LogP) is 1.56. The summed E-state index contributed by atoms with van der Waals surface area (Å²) in [6.45, 7) is 3.73. The molecule has 13 heavy (non-hydrogen) atoms. The molecule has 0 fully saturated rings. The van der Waals surface area contributed by atoms with Crippen LogP contribution in [0.5, 0.6) is 0 Å². The Bertz CT molecular complexity index is 208. The summed E-state index contributed by atoms with van der Waals surface area (Å²) in [5, 5.41) is 0. The SMILES string of the molecule is CCCCC(C)C(=O)CP(=O)(O)O. The van der Waals surface area contributed by atoms with Crippen molar-refractivity contribution < 1.29 is 19.1 Å². The number of unbranched alkanes of at least 4 members (excludes halogenated alkanes) is 1. The van der Waals surface area contributed by atoms with E-state index < -0.39 is 13.8 Å². The third-order valence-electron chi connectivity index (χ3n) is 1.90. The smallest absolute Gasteiger partial charge is 0.324 e. The summed E-state index contributed by atoms with van der Waals surface area (Å²) in [4.78, 5) is 28.3. The van der Waals surface area contributed by atoms with Crippen molar-refractivity contribution in [1.82, 2.24) is 0 Å². The Morgan fingerprint density at radius 1 is 1.46 bits per heavy atom. The van der Waals surface area contributed by atoms with Gasteiger partial charge in [-0.2, -0.15) is 0 Å². The van der Waals surface area contributed by atoms with Crippen molar-refractivity contribution >= 4 is 13.4 Å². The van der Waals surface area contributed by atoms with E-state index in [2.05, 4.69) is 0 Å². The normalized spacial score (nSPS) is 14.2. The number of rotatable bonds is 6. The number of Topliss-reactive ketones (excluding diaryl/α,β-unsaturated/α-hetero) is 1. The lowest BCUT2D eigenvalue weighted by molar-refractivity contribution is -0.120. The van der Waals surface area contributed by atoms with Crippen molar-refractivity contribution in [2.45, 2.75) is 33.1 Å². The minimum absolute atomic E-state index is 0.229. The third kappa shape index (κ3) is 6.94. The number of carbonyl (C=O) groups is 1. The minimum Gasteiger partial charge on any atom is -0.324 e. The molecule has 0 saturated heterocycles. The highest BCUT2D eigenvalue weighted by Gasteiger charge is 2.22. The van der Waals surface area contributed by atoms with E-state index in [0.29, 0.717) is 0 Å². The van der Waals surface area contributed by atoms with Crippen LogP contribution in [0.4, 0.5) is 0 Å². The summed E-state index contributed by atoms with van der Waals surface area (Å²) in [6, 6.07) is 0. The van der Waals surface area contributed by atoms with Crippen LogP contribution in [0.1, 0.15) is 33.1 Å². The first-order chi connectivity index (χ1) is 5.87. The van der Waals surface area contributed by atoms with E-state index in [-0.39, 0.29) is 11.7 Å². The fraction of sp³-hybridized carbons (Fsp3) is 0.875. The molecule has 0 spiro atoms. The second-order valence-corrected chi connectivity index (χ2v) is 4.98. The van der Waals surface area contributed by atoms with E-state index in [1.165, 1.54) is 0 Å². The van der Waals surface area contributed by atoms with E-state index in [9.17, 15) is 9.36 Å². The highest BCUT2D eigenvalue weighted by atomic mass is 31.2. The second-order valence-electron chi connectivity index (χ2n) is 3.33. The third-order valence-corrected chi connectivity index (χ3v) is 2.63. The molecule has 78 valence electrons. The lowest BCUT2D eigenvalue weighted by Gasteiger charge is -2.09. The van der Waals surface area contributed by atoms with Gasteiger partial charge in [0.2, 0.25) is 0 Å². The maximum absolute atomic E-state index is 11.2. The van der Waals surface area contributed by atoms with Gasteiger partial charge in [-0.25, -0.2) is 0 Å². The summed E-state index contributed by atoms with van der Waals surface area (Å²) in [5.41, 5.74) is 0. The summed E-state index contributed by atoms with van der Waals surface area (Å²) in [7, 11) is -4.16. The molecular weight excluding hydrogens is 191 g/mol. The van der Waals surface area contributed by atoms with E-state index in [4.69, 9.17) is 9.79 Å². The van der Waals surface area contributed by atoms with Gasteiger partial charge < -0.3 is 9.79 Å². The van der Waals surface area contributed by atoms with Gasteiger partial charge in [-0.15, -0.1) is 0 Å². The fourth-order valence-electron chi connectivity index (χ4n) is 1.03. The highest BCUT2D eigenvalue weighted by Crippen LogP contribution is 2.35. The van der Waals surface area contributed by atoms with Crippen molar-refractivity contribution in [3.63, 3.8) is 0 Å². The van der Waals surface area contributed by atoms with E-state index in [0.717, 1.165) is 19.3 Å². The molecule has 0 radical (unpaired) electrons. The van der Waals surface area contributed by atoms with Gasteiger partial charge in [0.05, 0.1) is 0 Å². The van der Waals surface area contributed by atoms with E-state index in [1.807, 2.05) is 6.92 Å². The van der Waals surface area contributed by atoms with Crippen LogP contribution < -0.4 is 0 Å². The summed E-state index contributed by atoms with van der Waals surface area (Å²) < 4.78 is 10.5. The van der Waals surface area contributed by atoms with Crippen LogP contribution in [0.3, 0.4) is 0 Å². The lowest BCUT2D eigenvalue weighted by atomic mass is 10.0. The van der Waals surface area contributed by atoms with Crippen molar-refractivity contribution in [2.75, 3.05) is 6.16 Å². The van der Waals surface area contributed by atoms with Crippen molar-refractivity contribution in [2.24, 2.45) is 5.92 Å². The molecular formula is C8H17O4P. The molecule has 0 aromatic rings. The molecule has 4 nitrogen and oxygen atoms in total. The van der Waals surface area contributed by atoms with E-state index >= 15 is 0 Å². The fourth-order valence-corrected chi connectivity index (χ4v) is 1.75. The Morgan fingerprint density at radius 2 is 2.00 bits per heavy atom. The Hall–Kier alpha value is -0.180. The first-order valence-electron chi connectivity index (χ1n) is 4.44. The zero-order chi connectivity index (χ0) is 10.5. The van der Waals surface area contributed by atoms with Crippen molar-refractivity contribution in [3.05, 3.63) is 0 Å². The largest absolute Gasteiger partial charge is 0.332 e. The monoisotopic (exact) mass is 208 g/mol. The highest BCUT2D eigenvalue weighted by molar-refractivity contribution is 7.52. The number of hydrogen-bond donors (Lipinski definition) is 2. The Labute approximate surface area is 78.5 Å². The molecule has 5 heteroatoms. The van der Waals surface area contributed by atoms with Crippen molar-refractivity contribution in [1.29, 1.82) is 0 Å². The standard InChI is InChI=1S/C8H17O4P/c1-3-4-5-7(2)8(9)6-13(10,11)12/h7H,3-6H2,1-2H3,(H2,10,11,12). The Kier molecular flexibility index (Phi) is 5.45. The maximum atomic E-state index is 11.2. The van der Waals surface area contributed by atoms with Gasteiger partial charge in [0.25, 0.3) is 0 Å². The average molecular weight is 208 g/mol. The molecule has 2 N–H and O–H groups in total. The molecule has 0 aromatic carbocycles. The Morgan fingerprint density at radius 3 is 2.38 bits per heavy atom. The zero-order valence-electron chi connectivity index (χ0n) is 8.06. The predicted molar refractivity (Wildman–Crippen MR) is 50.6 cm³/mol. The van der Waals surface area contributed by atoms with Crippen LogP contribution in [-0.2, 0) is 9.36 Å². The van der Waals surface area contributed by atoms with Crippen LogP contribution in [0.2, 0.25) is 0 Å². The lowest BCUT2D eigenvalue weighted by Crippen LogP contribution is -2.15. The van der Waals surface area contributed by atoms with Crippen LogP contribution in [0.25, 0.3) is 0 Å². The van der Waals surface area contributed by atoms with Gasteiger partial charge in [-0.05, 0) is 6.42 Å². The molecule has 0 aliphatic carbocycles. The van der Waals surface area contributed by atoms with Crippen LogP contribution in [-0.4, -0.2) is 21.7 Å². The molecule has 0 heterocycles. The van der Waals surface area contributed by atoms with Gasteiger partial charge in [-0.3, -0.25) is 9.36 Å². The summed E-state index contributed by atoms with van der Waals surface area (Å²) >= 11 is 0. The van der Waals surface area contributed by atoms with Crippen LogP contribution in [0.15, 0.2) is 0 Å². The molecule has 1 atom stereocenters. The topological polar surface area (TPSA) is 74.6 Å². The quantitative estimate of drug-likeness (QED) is 0.649. The van der Waals surface area contributed by atoms with Gasteiger partial charge in [0.15, 0.2) is 0 Å². The van der Waals surface area contributed by atoms with Gasteiger partial charge in [-0.1, -0.05) is 26.7 Å². The molecule has 0 aliphatic heterocycles. The maximum Gasteiger partial charge on any atom is 0.332 e. The number of hydrogen-bond acceptors (Lipinski definition) is 2. The zero-order valence-corrected chi connectivity index (χ0v) is 8.96. The van der Waals surface area contributed by atoms with Gasteiger partial charge >= 0.3 is 7.60 Å². The molecule has 0 saturated carbocycles. The molecule has 1 unspecified atom stereocenters. The number of ketones is 1. The number of carbonyl (C=O) groups excluding carboxylic acids is 1. The molecule has 0 amide bonds. The molecule has 0 bridgehead atoms. The second kappa shape index (κ2) is 5.53. The van der Waals surface area contributed by atoms with Gasteiger partial charge in [0.1, 0.15) is 11.9 Å². The first-order valence-corrected chi connectivity index (χ1v) is 6.24. The average Bonchev–Trinajstić information content (AvgIpc) is 1.96. The van der Waals surface area contributed by atoms with Crippen LogP contribution >= 0.6 is 7.60 Å². The molecule has 0 aliphatic rings. The van der Waals surface area contributed by atoms with Crippen LogP contribution in [0, 0.1) is 5.92 Å².